The summed E-state index contributed by atoms with van der Waals surface area (Å²) in [7, 11) is 3.31. The van der Waals surface area contributed by atoms with Crippen molar-refractivity contribution < 1.29 is 18.7 Å². The van der Waals surface area contributed by atoms with Crippen molar-refractivity contribution in [1.82, 2.24) is 15.5 Å². The summed E-state index contributed by atoms with van der Waals surface area (Å²) in [6.07, 6.45) is 0. The molecule has 0 saturated carbocycles. The Bertz CT molecular complexity index is 478. The molecule has 0 aliphatic carbocycles. The van der Waals surface area contributed by atoms with Gasteiger partial charge < -0.3 is 14.5 Å². The third-order valence-corrected chi connectivity index (χ3v) is 2.94. The number of furan rings is 1. The third-order valence-electron chi connectivity index (χ3n) is 2.52. The van der Waals surface area contributed by atoms with Crippen LogP contribution < -0.4 is 10.6 Å². The van der Waals surface area contributed by atoms with Gasteiger partial charge >= 0.3 is 6.03 Å². The quantitative estimate of drug-likeness (QED) is 0.765. The lowest BCUT2D eigenvalue weighted by atomic mass is 10.4. The van der Waals surface area contributed by atoms with E-state index in [0.29, 0.717) is 17.8 Å². The van der Waals surface area contributed by atoms with Crippen LogP contribution in [0.1, 0.15) is 12.7 Å². The summed E-state index contributed by atoms with van der Waals surface area (Å²) < 4.78 is 10.9. The largest absolute Gasteiger partial charge is 0.453 e. The predicted octanol–water partition coefficient (Wildman–Crippen LogP) is 1.33. The van der Waals surface area contributed by atoms with Gasteiger partial charge in [0, 0.05) is 7.11 Å². The lowest BCUT2D eigenvalue weighted by Crippen LogP contribution is -2.47. The number of ether oxygens (including phenoxy) is 1. The monoisotopic (exact) mass is 361 g/mol. The average Bonchev–Trinajstić information content (AvgIpc) is 2.73. The molecule has 0 aliphatic rings. The molecule has 0 spiro atoms. The number of carbonyl (C=O) groups excluding carboxylic acids is 2. The number of imide groups is 1. The van der Waals surface area contributed by atoms with E-state index < -0.39 is 6.03 Å². The van der Waals surface area contributed by atoms with Crippen molar-refractivity contribution in [2.24, 2.45) is 0 Å². The Kier molecular flexibility index (Phi) is 7.41. The summed E-state index contributed by atoms with van der Waals surface area (Å²) in [5.41, 5.74) is 0. The van der Waals surface area contributed by atoms with Gasteiger partial charge in [-0.1, -0.05) is 0 Å². The Labute approximate surface area is 132 Å². The zero-order valence-corrected chi connectivity index (χ0v) is 13.9. The van der Waals surface area contributed by atoms with Crippen LogP contribution in [0.25, 0.3) is 0 Å². The van der Waals surface area contributed by atoms with E-state index in [0.717, 1.165) is 5.76 Å². The molecule has 1 heterocycles. The van der Waals surface area contributed by atoms with Crippen molar-refractivity contribution in [1.29, 1.82) is 0 Å². The Morgan fingerprint density at radius 1 is 1.48 bits per heavy atom. The number of urea groups is 1. The summed E-state index contributed by atoms with van der Waals surface area (Å²) in [5, 5.41) is 4.86. The van der Waals surface area contributed by atoms with E-state index in [-0.39, 0.29) is 18.5 Å². The maximum atomic E-state index is 11.7. The molecule has 1 aromatic rings. The Morgan fingerprint density at radius 3 is 2.76 bits per heavy atom. The fraction of sp³-hybridized carbons (Fsp3) is 0.538. The van der Waals surface area contributed by atoms with E-state index in [1.807, 2.05) is 6.07 Å². The van der Waals surface area contributed by atoms with Gasteiger partial charge in [-0.3, -0.25) is 15.0 Å². The van der Waals surface area contributed by atoms with Crippen LogP contribution in [0.2, 0.25) is 0 Å². The molecule has 0 radical (unpaired) electrons. The maximum Gasteiger partial charge on any atom is 0.321 e. The van der Waals surface area contributed by atoms with E-state index in [2.05, 4.69) is 26.6 Å². The number of amides is 3. The lowest BCUT2D eigenvalue weighted by molar-refractivity contribution is -0.121. The van der Waals surface area contributed by atoms with Crippen LogP contribution in [0, 0.1) is 0 Å². The second-order valence-electron chi connectivity index (χ2n) is 4.76. The average molecular weight is 362 g/mol. The summed E-state index contributed by atoms with van der Waals surface area (Å²) in [6, 6.07) is 2.91. The van der Waals surface area contributed by atoms with Gasteiger partial charge in [0.25, 0.3) is 0 Å². The molecule has 118 valence electrons. The van der Waals surface area contributed by atoms with Gasteiger partial charge in [0.2, 0.25) is 5.91 Å². The van der Waals surface area contributed by atoms with Crippen LogP contribution in [0.4, 0.5) is 4.79 Å². The smallest absolute Gasteiger partial charge is 0.321 e. The summed E-state index contributed by atoms with van der Waals surface area (Å²) in [5.74, 6) is 0.348. The van der Waals surface area contributed by atoms with Crippen LogP contribution in [0.15, 0.2) is 21.2 Å². The van der Waals surface area contributed by atoms with Crippen LogP contribution >= 0.6 is 15.9 Å². The number of carbonyl (C=O) groups is 2. The number of hydrogen-bond acceptors (Lipinski definition) is 5. The van der Waals surface area contributed by atoms with E-state index in [1.54, 1.807) is 32.0 Å². The molecule has 0 aliphatic heterocycles. The molecule has 3 amide bonds. The maximum absolute atomic E-state index is 11.7. The highest BCUT2D eigenvalue weighted by Gasteiger charge is 2.13. The van der Waals surface area contributed by atoms with Crippen molar-refractivity contribution in [3.8, 4) is 0 Å². The molecule has 8 heteroatoms. The molecular weight excluding hydrogens is 342 g/mol. The molecule has 1 atom stereocenters. The number of hydrogen-bond donors (Lipinski definition) is 2. The van der Waals surface area contributed by atoms with Crippen molar-refractivity contribution in [2.75, 3.05) is 27.3 Å². The van der Waals surface area contributed by atoms with Crippen LogP contribution in [0.3, 0.4) is 0 Å². The third kappa shape index (κ3) is 7.26. The summed E-state index contributed by atoms with van der Waals surface area (Å²) in [6.45, 7) is 2.73. The fourth-order valence-corrected chi connectivity index (χ4v) is 2.06. The minimum absolute atomic E-state index is 0.0877. The zero-order chi connectivity index (χ0) is 15.8. The SMILES string of the molecule is COCC(C)NC(=O)NC(=O)CN(C)Cc1ccc(Br)o1. The topological polar surface area (TPSA) is 83.8 Å². The van der Waals surface area contributed by atoms with Crippen molar-refractivity contribution in [3.63, 3.8) is 0 Å². The highest BCUT2D eigenvalue weighted by molar-refractivity contribution is 9.10. The molecule has 1 unspecified atom stereocenters. The molecule has 2 N–H and O–H groups in total. The Hall–Kier alpha value is -1.38. The molecule has 0 saturated heterocycles. The Morgan fingerprint density at radius 2 is 2.19 bits per heavy atom. The first kappa shape index (κ1) is 17.7. The predicted molar refractivity (Wildman–Crippen MR) is 80.8 cm³/mol. The highest BCUT2D eigenvalue weighted by atomic mass is 79.9. The first-order valence-corrected chi connectivity index (χ1v) is 7.22. The van der Waals surface area contributed by atoms with Crippen LogP contribution in [-0.2, 0) is 16.1 Å². The second-order valence-corrected chi connectivity index (χ2v) is 5.54. The van der Waals surface area contributed by atoms with Gasteiger partial charge in [0.05, 0.1) is 25.7 Å². The van der Waals surface area contributed by atoms with E-state index >= 15 is 0 Å². The zero-order valence-electron chi connectivity index (χ0n) is 12.3. The summed E-state index contributed by atoms with van der Waals surface area (Å²) >= 11 is 3.21. The van der Waals surface area contributed by atoms with Crippen LogP contribution in [0.5, 0.6) is 0 Å². The fourth-order valence-electron chi connectivity index (χ4n) is 1.72. The molecule has 0 aromatic carbocycles. The second kappa shape index (κ2) is 8.81. The molecule has 1 aromatic heterocycles. The van der Waals surface area contributed by atoms with Gasteiger partial charge in [-0.05, 0) is 42.0 Å². The molecule has 21 heavy (non-hydrogen) atoms. The van der Waals surface area contributed by atoms with Gasteiger partial charge in [-0.15, -0.1) is 0 Å². The number of nitrogens with one attached hydrogen (secondary N) is 2. The molecule has 1 rings (SSSR count). The standard InChI is InChI=1S/C13H20BrN3O4/c1-9(8-20-3)15-13(19)16-12(18)7-17(2)6-10-4-5-11(14)21-10/h4-5,9H,6-8H2,1-3H3,(H2,15,16,18,19). The van der Waals surface area contributed by atoms with Crippen LogP contribution in [-0.4, -0.2) is 50.2 Å². The first-order valence-electron chi connectivity index (χ1n) is 6.42. The number of methoxy groups -OCH3 is 1. The minimum atomic E-state index is -0.529. The van der Waals surface area contributed by atoms with E-state index in [9.17, 15) is 9.59 Å². The van der Waals surface area contributed by atoms with Crippen molar-refractivity contribution in [3.05, 3.63) is 22.6 Å². The van der Waals surface area contributed by atoms with Gasteiger partial charge in [-0.25, -0.2) is 4.79 Å². The van der Waals surface area contributed by atoms with E-state index in [1.165, 1.54) is 0 Å². The lowest BCUT2D eigenvalue weighted by Gasteiger charge is -2.16. The molecule has 0 fully saturated rings. The van der Waals surface area contributed by atoms with Crippen molar-refractivity contribution >= 4 is 27.9 Å². The Balaban J connectivity index is 2.30. The summed E-state index contributed by atoms with van der Waals surface area (Å²) in [4.78, 5) is 25.0. The van der Waals surface area contributed by atoms with E-state index in [4.69, 9.17) is 9.15 Å². The van der Waals surface area contributed by atoms with Gasteiger partial charge in [0.1, 0.15) is 5.76 Å². The molecular formula is C13H20BrN3O4. The van der Waals surface area contributed by atoms with Crippen molar-refractivity contribution in [2.45, 2.75) is 19.5 Å². The number of likely N-dealkylation sites (N-methyl/N-ethyl adjacent to an activating group) is 1. The van der Waals surface area contributed by atoms with Gasteiger partial charge in [0.15, 0.2) is 4.67 Å². The minimum Gasteiger partial charge on any atom is -0.453 e. The first-order chi connectivity index (χ1) is 9.90. The number of nitrogens with zero attached hydrogens (tertiary/aromatic N) is 1. The normalized spacial score (nSPS) is 12.2. The molecule has 0 bridgehead atoms. The highest BCUT2D eigenvalue weighted by Crippen LogP contribution is 2.14. The number of rotatable bonds is 7. The molecule has 7 nitrogen and oxygen atoms in total. The van der Waals surface area contributed by atoms with Gasteiger partial charge in [-0.2, -0.15) is 0 Å². The number of halogens is 1.